The second-order valence-corrected chi connectivity index (χ2v) is 10.1. The van der Waals surface area contributed by atoms with Gasteiger partial charge in [-0.2, -0.15) is 4.98 Å². The maximum absolute atomic E-state index is 11.8. The first-order valence-electron chi connectivity index (χ1n) is 11.4. The van der Waals surface area contributed by atoms with Crippen LogP contribution in [-0.4, -0.2) is 49.0 Å². The minimum atomic E-state index is -0.341. The summed E-state index contributed by atoms with van der Waals surface area (Å²) in [6.45, 7) is 4.64. The molecule has 0 saturated carbocycles. The second-order valence-electron chi connectivity index (χ2n) is 10.1. The molecule has 1 aromatic carbocycles. The van der Waals surface area contributed by atoms with Gasteiger partial charge in [0, 0.05) is 48.5 Å². The van der Waals surface area contributed by atoms with Gasteiger partial charge in [0.25, 0.3) is 0 Å². The fourth-order valence-electron chi connectivity index (χ4n) is 5.48. The van der Waals surface area contributed by atoms with E-state index in [9.17, 15) is 9.90 Å². The number of hydrogen-bond acceptors (Lipinski definition) is 7. The lowest BCUT2D eigenvalue weighted by Crippen LogP contribution is -2.58. The van der Waals surface area contributed by atoms with Gasteiger partial charge in [-0.3, -0.25) is 0 Å². The number of hydrogen-bond donors (Lipinski definition) is 2. The lowest BCUT2D eigenvalue weighted by Gasteiger charge is -2.45. The Bertz CT molecular complexity index is 1240. The molecule has 33 heavy (non-hydrogen) atoms. The van der Waals surface area contributed by atoms with E-state index in [1.54, 1.807) is 31.4 Å². The molecule has 2 aromatic heterocycles. The third-order valence-corrected chi connectivity index (χ3v) is 7.31. The standard InChI is InChI=1S/C25H30N6O2/c1-24-10-11-25(2,29-24)15-17(14-24)31(4)22-8-7-20(27-28-22)18-6-5-16(13-21(18)32)19-9-12-30(3)23(33)26-19/h5-9,12-13,17,29,32H,10-11,14-15H2,1-4H3/t17?,24-,25+. The van der Waals surface area contributed by atoms with Crippen LogP contribution in [0.2, 0.25) is 0 Å². The summed E-state index contributed by atoms with van der Waals surface area (Å²) in [7, 11) is 3.74. The minimum Gasteiger partial charge on any atom is -0.507 e. The molecule has 0 spiro atoms. The molecule has 4 heterocycles. The number of aromatic nitrogens is 4. The number of fused-ring (bicyclic) bond motifs is 2. The zero-order valence-corrected chi connectivity index (χ0v) is 19.5. The first-order chi connectivity index (χ1) is 15.6. The highest BCUT2D eigenvalue weighted by Gasteiger charge is 2.49. The topological polar surface area (TPSA) is 96.2 Å². The molecule has 172 valence electrons. The molecule has 8 heteroatoms. The van der Waals surface area contributed by atoms with E-state index in [4.69, 9.17) is 0 Å². The Balaban J connectivity index is 1.36. The van der Waals surface area contributed by atoms with Crippen molar-refractivity contribution in [2.75, 3.05) is 11.9 Å². The molecule has 2 N–H and O–H groups in total. The zero-order chi connectivity index (χ0) is 23.4. The number of anilines is 1. The van der Waals surface area contributed by atoms with Gasteiger partial charge in [0.2, 0.25) is 0 Å². The highest BCUT2D eigenvalue weighted by Crippen LogP contribution is 2.43. The van der Waals surface area contributed by atoms with Crippen LogP contribution in [0.5, 0.6) is 5.75 Å². The van der Waals surface area contributed by atoms with Crippen LogP contribution in [-0.2, 0) is 7.05 Å². The van der Waals surface area contributed by atoms with Crippen LogP contribution in [0, 0.1) is 0 Å². The monoisotopic (exact) mass is 446 g/mol. The van der Waals surface area contributed by atoms with Crippen molar-refractivity contribution < 1.29 is 5.11 Å². The highest BCUT2D eigenvalue weighted by molar-refractivity contribution is 5.73. The third kappa shape index (κ3) is 3.99. The van der Waals surface area contributed by atoms with Gasteiger partial charge >= 0.3 is 5.69 Å². The highest BCUT2D eigenvalue weighted by atomic mass is 16.3. The molecule has 0 radical (unpaired) electrons. The van der Waals surface area contributed by atoms with Crippen LogP contribution in [0.15, 0.2) is 47.4 Å². The number of nitrogens with one attached hydrogen (secondary N) is 1. The van der Waals surface area contributed by atoms with E-state index in [1.165, 1.54) is 17.4 Å². The summed E-state index contributed by atoms with van der Waals surface area (Å²) < 4.78 is 1.40. The fraction of sp³-hybridized carbons (Fsp3) is 0.440. The Hall–Kier alpha value is -3.26. The summed E-state index contributed by atoms with van der Waals surface area (Å²) in [5.41, 5.74) is 2.39. The molecule has 2 aliphatic rings. The predicted molar refractivity (Wildman–Crippen MR) is 128 cm³/mol. The van der Waals surface area contributed by atoms with Crippen molar-refractivity contribution in [3.05, 3.63) is 53.1 Å². The SMILES string of the molecule is CN(c1ccc(-c2ccc(-c3ccn(C)c(=O)n3)cc2O)nn1)C1C[C@]2(C)CC[C@](C)(C1)N2. The fourth-order valence-corrected chi connectivity index (χ4v) is 5.48. The van der Waals surface area contributed by atoms with Crippen molar-refractivity contribution in [2.45, 2.75) is 56.7 Å². The number of aromatic hydroxyl groups is 1. The van der Waals surface area contributed by atoms with Crippen LogP contribution in [0.1, 0.15) is 39.5 Å². The Labute approximate surface area is 193 Å². The van der Waals surface area contributed by atoms with Gasteiger partial charge in [-0.1, -0.05) is 6.07 Å². The molecule has 2 aliphatic heterocycles. The summed E-state index contributed by atoms with van der Waals surface area (Å²) >= 11 is 0. The van der Waals surface area contributed by atoms with Gasteiger partial charge in [0.05, 0.1) is 11.4 Å². The number of nitrogens with zero attached hydrogens (tertiary/aromatic N) is 5. The molecule has 0 amide bonds. The molecule has 8 nitrogen and oxygen atoms in total. The number of benzene rings is 1. The molecule has 0 aliphatic carbocycles. The van der Waals surface area contributed by atoms with E-state index in [1.807, 2.05) is 18.2 Å². The number of piperidine rings is 1. The van der Waals surface area contributed by atoms with Gasteiger partial charge in [-0.15, -0.1) is 10.2 Å². The Morgan fingerprint density at radius 2 is 1.79 bits per heavy atom. The average molecular weight is 447 g/mol. The molecule has 3 aromatic rings. The van der Waals surface area contributed by atoms with Crippen molar-refractivity contribution >= 4 is 5.82 Å². The van der Waals surface area contributed by atoms with Crippen molar-refractivity contribution in [2.24, 2.45) is 7.05 Å². The molecule has 1 unspecified atom stereocenters. The summed E-state index contributed by atoms with van der Waals surface area (Å²) in [5, 5.41) is 23.3. The van der Waals surface area contributed by atoms with E-state index in [-0.39, 0.29) is 22.5 Å². The Morgan fingerprint density at radius 1 is 1.06 bits per heavy atom. The van der Waals surface area contributed by atoms with Gasteiger partial charge < -0.3 is 19.9 Å². The van der Waals surface area contributed by atoms with E-state index in [2.05, 4.69) is 46.3 Å². The van der Waals surface area contributed by atoms with Gasteiger partial charge in [0.1, 0.15) is 5.75 Å². The molecular weight excluding hydrogens is 416 g/mol. The molecule has 5 rings (SSSR count). The lowest BCUT2D eigenvalue weighted by atomic mass is 9.84. The number of phenolic OH excluding ortho intramolecular Hbond substituents is 1. The molecule has 2 fully saturated rings. The molecule has 2 bridgehead atoms. The minimum absolute atomic E-state index is 0.0705. The van der Waals surface area contributed by atoms with Gasteiger partial charge in [-0.05, 0) is 69.9 Å². The third-order valence-electron chi connectivity index (χ3n) is 7.31. The van der Waals surface area contributed by atoms with Crippen LogP contribution >= 0.6 is 0 Å². The van der Waals surface area contributed by atoms with E-state index in [0.717, 1.165) is 18.7 Å². The first kappa shape index (κ1) is 21.6. The largest absolute Gasteiger partial charge is 0.507 e. The average Bonchev–Trinajstić information content (AvgIpc) is 3.01. The number of rotatable bonds is 4. The van der Waals surface area contributed by atoms with Crippen molar-refractivity contribution in [1.29, 1.82) is 0 Å². The Morgan fingerprint density at radius 3 is 2.39 bits per heavy atom. The van der Waals surface area contributed by atoms with Crippen molar-refractivity contribution in [3.63, 3.8) is 0 Å². The first-order valence-corrected chi connectivity index (χ1v) is 11.4. The van der Waals surface area contributed by atoms with Crippen LogP contribution in [0.25, 0.3) is 22.5 Å². The lowest BCUT2D eigenvalue weighted by molar-refractivity contribution is 0.207. The van der Waals surface area contributed by atoms with Crippen molar-refractivity contribution in [3.8, 4) is 28.3 Å². The quantitative estimate of drug-likeness (QED) is 0.636. The molecule has 3 atom stereocenters. The van der Waals surface area contributed by atoms with Crippen LogP contribution in [0.3, 0.4) is 0 Å². The normalized spacial score (nSPS) is 26.4. The predicted octanol–water partition coefficient (Wildman–Crippen LogP) is 3.11. The van der Waals surface area contributed by atoms with E-state index in [0.29, 0.717) is 28.6 Å². The maximum Gasteiger partial charge on any atom is 0.347 e. The summed E-state index contributed by atoms with van der Waals surface area (Å²) in [6.07, 6.45) is 6.25. The van der Waals surface area contributed by atoms with Crippen LogP contribution in [0.4, 0.5) is 5.82 Å². The van der Waals surface area contributed by atoms with Gasteiger partial charge in [0.15, 0.2) is 5.82 Å². The van der Waals surface area contributed by atoms with Gasteiger partial charge in [-0.25, -0.2) is 4.79 Å². The number of aryl methyl sites for hydroxylation is 1. The molecular formula is C25H30N6O2. The van der Waals surface area contributed by atoms with Crippen LogP contribution < -0.4 is 15.9 Å². The van der Waals surface area contributed by atoms with E-state index < -0.39 is 0 Å². The zero-order valence-electron chi connectivity index (χ0n) is 19.5. The summed E-state index contributed by atoms with van der Waals surface area (Å²) in [6, 6.07) is 11.2. The smallest absolute Gasteiger partial charge is 0.347 e. The summed E-state index contributed by atoms with van der Waals surface area (Å²) in [4.78, 5) is 18.1. The number of phenols is 1. The maximum atomic E-state index is 11.8. The second kappa shape index (κ2) is 7.66. The Kier molecular flexibility index (Phi) is 5.01. The van der Waals surface area contributed by atoms with E-state index >= 15 is 0 Å². The summed E-state index contributed by atoms with van der Waals surface area (Å²) in [5.74, 6) is 0.902. The molecule has 2 saturated heterocycles. The van der Waals surface area contributed by atoms with Crippen molar-refractivity contribution in [1.82, 2.24) is 25.1 Å².